The van der Waals surface area contributed by atoms with Gasteiger partial charge in [0.05, 0.1) is 0 Å². The van der Waals surface area contributed by atoms with Crippen molar-refractivity contribution in [3.05, 3.63) is 182 Å². The van der Waals surface area contributed by atoms with Crippen molar-refractivity contribution in [2.75, 3.05) is 4.90 Å². The topological polar surface area (TPSA) is 12.5 Å². The first kappa shape index (κ1) is 30.7. The fourth-order valence-electron chi connectivity index (χ4n) is 9.46. The second-order valence-corrected chi connectivity index (χ2v) is 20.3. The number of benzene rings is 8. The number of thiophene rings is 1. The van der Waals surface area contributed by atoms with Crippen molar-refractivity contribution in [1.29, 1.82) is 0 Å². The van der Waals surface area contributed by atoms with Crippen LogP contribution in [0.4, 0.5) is 17.1 Å². The molecule has 0 saturated carbocycles. The van der Waals surface area contributed by atoms with Crippen molar-refractivity contribution >= 4 is 112 Å². The summed E-state index contributed by atoms with van der Waals surface area (Å²) < 4.78 is 9.53. The molecule has 3 aliphatic heterocycles. The smallest absolute Gasteiger partial charge is 0.253 e. The molecular weight excluding hydrogens is 710 g/mol. The van der Waals surface area contributed by atoms with Gasteiger partial charge in [-0.3, -0.25) is 0 Å². The molecule has 0 fully saturated rings. The van der Waals surface area contributed by atoms with Crippen LogP contribution in [0.15, 0.2) is 192 Å². The minimum Gasteiger partial charge on any atom is -0.458 e. The molecule has 2 nitrogen and oxygen atoms in total. The fraction of sp³-hybridized carbons (Fsp3) is 0. The second-order valence-electron chi connectivity index (χ2n) is 14.4. The van der Waals surface area contributed by atoms with Gasteiger partial charge in [-0.25, -0.2) is 0 Å². The molecule has 252 valence electrons. The van der Waals surface area contributed by atoms with Gasteiger partial charge in [-0.05, 0) is 80.2 Å². The van der Waals surface area contributed by atoms with E-state index in [1.54, 1.807) is 0 Å². The van der Waals surface area contributed by atoms with E-state index < -0.39 is 8.07 Å². The van der Waals surface area contributed by atoms with Gasteiger partial charge in [0.15, 0.2) is 8.07 Å². The number of nitrogens with zero attached hydrogens (tertiary/aromatic N) is 1. The lowest BCUT2D eigenvalue weighted by atomic mass is 9.35. The van der Waals surface area contributed by atoms with Gasteiger partial charge in [-0.2, -0.15) is 0 Å². The highest BCUT2D eigenvalue weighted by Gasteiger charge is 2.49. The van der Waals surface area contributed by atoms with Crippen LogP contribution in [0.1, 0.15) is 0 Å². The maximum Gasteiger partial charge on any atom is 0.253 e. The largest absolute Gasteiger partial charge is 0.458 e. The Kier molecular flexibility index (Phi) is 6.59. The van der Waals surface area contributed by atoms with Crippen LogP contribution in [0.3, 0.4) is 0 Å². The Morgan fingerprint density at radius 3 is 2.04 bits per heavy atom. The molecule has 3 aliphatic rings. The van der Waals surface area contributed by atoms with Gasteiger partial charge >= 0.3 is 0 Å². The minimum absolute atomic E-state index is 0.133. The molecule has 0 saturated heterocycles. The number of rotatable bonds is 3. The summed E-state index contributed by atoms with van der Waals surface area (Å²) in [6.07, 6.45) is 0. The Morgan fingerprint density at radius 2 is 1.19 bits per heavy atom. The van der Waals surface area contributed by atoms with E-state index >= 15 is 0 Å². The molecule has 1 aromatic heterocycles. The second kappa shape index (κ2) is 11.6. The van der Waals surface area contributed by atoms with Crippen LogP contribution in [-0.2, 0) is 0 Å². The maximum absolute atomic E-state index is 6.86. The van der Waals surface area contributed by atoms with Crippen molar-refractivity contribution in [2.45, 2.75) is 9.79 Å². The molecule has 0 atom stereocenters. The van der Waals surface area contributed by atoms with Gasteiger partial charge in [-0.15, -0.1) is 11.3 Å². The average molecular weight is 740 g/mol. The van der Waals surface area contributed by atoms with Crippen molar-refractivity contribution in [1.82, 2.24) is 0 Å². The molecule has 0 bridgehead atoms. The van der Waals surface area contributed by atoms with Gasteiger partial charge in [-0.1, -0.05) is 145 Å². The summed E-state index contributed by atoms with van der Waals surface area (Å²) in [5, 5.41) is 8.24. The summed E-state index contributed by atoms with van der Waals surface area (Å²) in [5.41, 5.74) is 7.39. The number of para-hydroxylation sites is 2. The Labute approximate surface area is 323 Å². The summed E-state index contributed by atoms with van der Waals surface area (Å²) >= 11 is 3.73. The van der Waals surface area contributed by atoms with Crippen LogP contribution in [0.2, 0.25) is 0 Å². The molecule has 0 N–H and O–H groups in total. The summed E-state index contributed by atoms with van der Waals surface area (Å²) in [5.74, 6) is 1.88. The van der Waals surface area contributed by atoms with Gasteiger partial charge < -0.3 is 9.64 Å². The first-order chi connectivity index (χ1) is 26.8. The van der Waals surface area contributed by atoms with Crippen LogP contribution < -0.4 is 46.8 Å². The van der Waals surface area contributed by atoms with Crippen LogP contribution in [0.25, 0.3) is 20.2 Å². The van der Waals surface area contributed by atoms with E-state index in [4.69, 9.17) is 4.74 Å². The lowest BCUT2D eigenvalue weighted by Crippen LogP contribution is -2.77. The first-order valence-corrected chi connectivity index (χ1v) is 22.1. The average Bonchev–Trinajstić information content (AvgIpc) is 3.61. The molecule has 0 spiro atoms. The van der Waals surface area contributed by atoms with Crippen molar-refractivity contribution in [3.8, 4) is 11.5 Å². The molecule has 0 amide bonds. The molecule has 0 unspecified atom stereocenters. The van der Waals surface area contributed by atoms with Crippen LogP contribution in [-0.4, -0.2) is 14.8 Å². The van der Waals surface area contributed by atoms with E-state index in [0.29, 0.717) is 0 Å². The zero-order chi connectivity index (χ0) is 35.4. The zero-order valence-electron chi connectivity index (χ0n) is 29.1. The monoisotopic (exact) mass is 739 g/mol. The molecule has 9 aromatic rings. The highest BCUT2D eigenvalue weighted by molar-refractivity contribution is 8.00. The summed E-state index contributed by atoms with van der Waals surface area (Å²) in [6.45, 7) is 0.133. The van der Waals surface area contributed by atoms with E-state index in [9.17, 15) is 0 Å². The quantitative estimate of drug-likeness (QED) is 0.169. The zero-order valence-corrected chi connectivity index (χ0v) is 31.7. The molecular formula is C48H30BNOS2Si. The molecule has 4 heterocycles. The summed E-state index contributed by atoms with van der Waals surface area (Å²) in [6, 6.07) is 68.0. The van der Waals surface area contributed by atoms with Gasteiger partial charge in [0, 0.05) is 53.1 Å². The molecule has 8 aromatic carbocycles. The third-order valence-corrected chi connectivity index (χ3v) is 18.8. The lowest BCUT2D eigenvalue weighted by Gasteiger charge is -2.45. The van der Waals surface area contributed by atoms with Crippen molar-refractivity contribution in [3.63, 3.8) is 0 Å². The summed E-state index contributed by atoms with van der Waals surface area (Å²) in [4.78, 5) is 5.08. The number of anilines is 3. The predicted molar refractivity (Wildman–Crippen MR) is 233 cm³/mol. The molecule has 0 aliphatic carbocycles. The maximum atomic E-state index is 6.86. The SMILES string of the molecule is c1ccc([Si]2(c3ccc4sc5ccccc5c4c3)c3ccccc3N(c3ccc4c(c3)Oc3cccc5c3B4c3ccccc3S5)c3ccccc32)cc1. The highest BCUT2D eigenvalue weighted by atomic mass is 32.2. The van der Waals surface area contributed by atoms with E-state index in [2.05, 4.69) is 187 Å². The van der Waals surface area contributed by atoms with Crippen LogP contribution >= 0.6 is 23.1 Å². The number of ether oxygens (including phenoxy) is 1. The Morgan fingerprint density at radius 1 is 0.481 bits per heavy atom. The molecule has 54 heavy (non-hydrogen) atoms. The van der Waals surface area contributed by atoms with E-state index in [1.807, 2.05) is 23.1 Å². The van der Waals surface area contributed by atoms with E-state index in [-0.39, 0.29) is 6.71 Å². The first-order valence-electron chi connectivity index (χ1n) is 18.5. The van der Waals surface area contributed by atoms with Crippen molar-refractivity contribution < 1.29 is 4.74 Å². The lowest BCUT2D eigenvalue weighted by molar-refractivity contribution is 0.486. The highest BCUT2D eigenvalue weighted by Crippen LogP contribution is 2.42. The van der Waals surface area contributed by atoms with E-state index in [1.165, 1.54) is 78.5 Å². The fourth-order valence-corrected chi connectivity index (χ4v) is 16.8. The number of hydrogen-bond acceptors (Lipinski definition) is 4. The molecule has 12 rings (SSSR count). The van der Waals surface area contributed by atoms with Gasteiger partial charge in [0.2, 0.25) is 0 Å². The molecule has 6 heteroatoms. The molecule has 0 radical (unpaired) electrons. The number of fused-ring (bicyclic) bond motifs is 9. The Bertz CT molecular complexity index is 2950. The normalized spacial score (nSPS) is 14.4. The van der Waals surface area contributed by atoms with Crippen LogP contribution in [0, 0.1) is 0 Å². The minimum atomic E-state index is -2.83. The summed E-state index contributed by atoms with van der Waals surface area (Å²) in [7, 11) is -2.83. The van der Waals surface area contributed by atoms with Crippen LogP contribution in [0.5, 0.6) is 11.5 Å². The third-order valence-electron chi connectivity index (χ3n) is 11.7. The predicted octanol–water partition coefficient (Wildman–Crippen LogP) is 8.30. The standard InChI is InChI=1S/C48H30BNOS2Si/c1-2-13-32(14-3-1)54(33-26-28-43-35(30-33)34-15-4-8-20-42(34)52-43)46-23-10-6-17-38(46)50(39-18-7-11-24-47(39)54)31-25-27-36-41(29-31)51-40-19-12-22-45-48(40)49(36)37-16-5-9-21-44(37)53-45/h1-30H. The Hall–Kier alpha value is -5.79. The van der Waals surface area contributed by atoms with E-state index in [0.717, 1.165) is 17.2 Å². The Balaban J connectivity index is 1.10. The third kappa shape index (κ3) is 4.19. The van der Waals surface area contributed by atoms with Gasteiger partial charge in [0.1, 0.15) is 11.5 Å². The van der Waals surface area contributed by atoms with Crippen molar-refractivity contribution in [2.24, 2.45) is 0 Å². The number of hydrogen-bond donors (Lipinski definition) is 0. The van der Waals surface area contributed by atoms with Gasteiger partial charge in [0.25, 0.3) is 6.71 Å².